The van der Waals surface area contributed by atoms with E-state index in [4.69, 9.17) is 11.6 Å². The number of H-pyrrole nitrogens is 1. The summed E-state index contributed by atoms with van der Waals surface area (Å²) in [6, 6.07) is 0. The van der Waals surface area contributed by atoms with Gasteiger partial charge in [-0.15, -0.1) is 0 Å². The van der Waals surface area contributed by atoms with E-state index < -0.39 is 0 Å². The second kappa shape index (κ2) is 6.53. The maximum atomic E-state index is 11.9. The van der Waals surface area contributed by atoms with Crippen LogP contribution in [-0.4, -0.2) is 38.6 Å². The first-order chi connectivity index (χ1) is 9.20. The van der Waals surface area contributed by atoms with Crippen molar-refractivity contribution in [1.29, 1.82) is 0 Å². The topological polar surface area (TPSA) is 83.6 Å². The van der Waals surface area contributed by atoms with Gasteiger partial charge in [-0.25, -0.2) is 15.0 Å². The number of thioether (sulfide) groups is 1. The van der Waals surface area contributed by atoms with Crippen LogP contribution in [0.5, 0.6) is 0 Å². The SMILES string of the molecule is CSc1ncc(Cl)c(C(=O)NCCc2cnc[nH]2)n1. The third kappa shape index (κ3) is 3.68. The molecule has 100 valence electrons. The van der Waals surface area contributed by atoms with Gasteiger partial charge < -0.3 is 10.3 Å². The van der Waals surface area contributed by atoms with E-state index in [-0.39, 0.29) is 16.6 Å². The monoisotopic (exact) mass is 297 g/mol. The van der Waals surface area contributed by atoms with Gasteiger partial charge in [-0.05, 0) is 6.26 Å². The smallest absolute Gasteiger partial charge is 0.271 e. The first kappa shape index (κ1) is 13.8. The van der Waals surface area contributed by atoms with Crippen molar-refractivity contribution in [2.45, 2.75) is 11.6 Å². The number of rotatable bonds is 5. The highest BCUT2D eigenvalue weighted by Crippen LogP contribution is 2.16. The highest BCUT2D eigenvalue weighted by molar-refractivity contribution is 7.98. The molecule has 19 heavy (non-hydrogen) atoms. The highest BCUT2D eigenvalue weighted by Gasteiger charge is 2.13. The largest absolute Gasteiger partial charge is 0.350 e. The Morgan fingerprint density at radius 2 is 2.37 bits per heavy atom. The fourth-order valence-electron chi connectivity index (χ4n) is 1.42. The van der Waals surface area contributed by atoms with Crippen LogP contribution in [0, 0.1) is 0 Å². The van der Waals surface area contributed by atoms with Gasteiger partial charge in [0.2, 0.25) is 0 Å². The van der Waals surface area contributed by atoms with Gasteiger partial charge in [0.1, 0.15) is 0 Å². The highest BCUT2D eigenvalue weighted by atomic mass is 35.5. The molecular formula is C11H12ClN5OS. The Morgan fingerprint density at radius 3 is 3.05 bits per heavy atom. The number of carbonyl (C=O) groups is 1. The zero-order valence-corrected chi connectivity index (χ0v) is 11.8. The Morgan fingerprint density at radius 1 is 1.53 bits per heavy atom. The van der Waals surface area contributed by atoms with Crippen molar-refractivity contribution in [3.05, 3.63) is 35.1 Å². The maximum absolute atomic E-state index is 11.9. The van der Waals surface area contributed by atoms with Gasteiger partial charge in [0, 0.05) is 24.9 Å². The van der Waals surface area contributed by atoms with Gasteiger partial charge >= 0.3 is 0 Å². The molecule has 0 radical (unpaired) electrons. The van der Waals surface area contributed by atoms with Crippen LogP contribution in [0.4, 0.5) is 0 Å². The molecule has 0 aromatic carbocycles. The summed E-state index contributed by atoms with van der Waals surface area (Å²) in [5.74, 6) is -0.304. The molecule has 0 aliphatic heterocycles. The van der Waals surface area contributed by atoms with E-state index in [0.717, 1.165) is 5.69 Å². The van der Waals surface area contributed by atoms with Crippen LogP contribution < -0.4 is 5.32 Å². The molecule has 0 saturated heterocycles. The summed E-state index contributed by atoms with van der Waals surface area (Å²) in [6.45, 7) is 0.482. The fourth-order valence-corrected chi connectivity index (χ4v) is 1.94. The first-order valence-electron chi connectivity index (χ1n) is 5.52. The van der Waals surface area contributed by atoms with Crippen molar-refractivity contribution < 1.29 is 4.79 Å². The lowest BCUT2D eigenvalue weighted by atomic mass is 10.3. The second-order valence-corrected chi connectivity index (χ2v) is 4.82. The molecule has 0 aliphatic rings. The average Bonchev–Trinajstić information content (AvgIpc) is 2.92. The number of nitrogens with one attached hydrogen (secondary N) is 2. The number of carbonyl (C=O) groups excluding carboxylic acids is 1. The molecule has 0 unspecified atom stereocenters. The van der Waals surface area contributed by atoms with Crippen LogP contribution in [-0.2, 0) is 6.42 Å². The van der Waals surface area contributed by atoms with Gasteiger partial charge in [0.05, 0.1) is 17.5 Å². The molecule has 0 aliphatic carbocycles. The van der Waals surface area contributed by atoms with Crippen LogP contribution in [0.15, 0.2) is 23.9 Å². The average molecular weight is 298 g/mol. The van der Waals surface area contributed by atoms with E-state index in [2.05, 4.69) is 25.3 Å². The molecule has 2 heterocycles. The van der Waals surface area contributed by atoms with E-state index in [0.29, 0.717) is 18.1 Å². The molecule has 2 aromatic heterocycles. The van der Waals surface area contributed by atoms with Crippen molar-refractivity contribution in [1.82, 2.24) is 25.3 Å². The number of halogens is 1. The van der Waals surface area contributed by atoms with Crippen molar-refractivity contribution in [3.8, 4) is 0 Å². The Labute approximate surface area is 119 Å². The Balaban J connectivity index is 1.95. The lowest BCUT2D eigenvalue weighted by Crippen LogP contribution is -2.27. The van der Waals surface area contributed by atoms with Crippen LogP contribution in [0.2, 0.25) is 5.02 Å². The van der Waals surface area contributed by atoms with Gasteiger partial charge in [-0.1, -0.05) is 23.4 Å². The third-order valence-corrected chi connectivity index (χ3v) is 3.19. The minimum Gasteiger partial charge on any atom is -0.350 e. The third-order valence-electron chi connectivity index (χ3n) is 2.35. The number of imidazole rings is 1. The first-order valence-corrected chi connectivity index (χ1v) is 7.13. The Bertz CT molecular complexity index is 560. The van der Waals surface area contributed by atoms with E-state index in [1.54, 1.807) is 12.5 Å². The number of hydrogen-bond acceptors (Lipinski definition) is 5. The zero-order chi connectivity index (χ0) is 13.7. The summed E-state index contributed by atoms with van der Waals surface area (Å²) in [7, 11) is 0. The molecule has 1 amide bonds. The van der Waals surface area contributed by atoms with Crippen molar-refractivity contribution in [3.63, 3.8) is 0 Å². The number of hydrogen-bond donors (Lipinski definition) is 2. The Kier molecular flexibility index (Phi) is 4.75. The van der Waals surface area contributed by atoms with Crippen LogP contribution >= 0.6 is 23.4 Å². The zero-order valence-electron chi connectivity index (χ0n) is 10.2. The summed E-state index contributed by atoms with van der Waals surface area (Å²) < 4.78 is 0. The molecule has 2 aromatic rings. The Hall–Kier alpha value is -1.60. The molecule has 0 spiro atoms. The van der Waals surface area contributed by atoms with Crippen LogP contribution in [0.1, 0.15) is 16.2 Å². The molecule has 0 bridgehead atoms. The summed E-state index contributed by atoms with van der Waals surface area (Å²) in [6.07, 6.45) is 7.26. The molecule has 0 saturated carbocycles. The molecule has 0 atom stereocenters. The van der Waals surface area contributed by atoms with Gasteiger partial charge in [-0.2, -0.15) is 0 Å². The van der Waals surface area contributed by atoms with Crippen LogP contribution in [0.25, 0.3) is 0 Å². The maximum Gasteiger partial charge on any atom is 0.271 e. The minimum atomic E-state index is -0.304. The van der Waals surface area contributed by atoms with Crippen molar-refractivity contribution in [2.75, 3.05) is 12.8 Å². The normalized spacial score (nSPS) is 10.4. The van der Waals surface area contributed by atoms with Crippen molar-refractivity contribution >= 4 is 29.3 Å². The molecular weight excluding hydrogens is 286 g/mol. The summed E-state index contributed by atoms with van der Waals surface area (Å²) in [4.78, 5) is 26.9. The van der Waals surface area contributed by atoms with E-state index in [9.17, 15) is 4.79 Å². The lowest BCUT2D eigenvalue weighted by molar-refractivity contribution is 0.0948. The summed E-state index contributed by atoms with van der Waals surface area (Å²) in [5.41, 5.74) is 1.16. The molecule has 6 nitrogen and oxygen atoms in total. The van der Waals surface area contributed by atoms with Crippen molar-refractivity contribution in [2.24, 2.45) is 0 Å². The van der Waals surface area contributed by atoms with E-state index in [1.807, 2.05) is 6.26 Å². The summed E-state index contributed by atoms with van der Waals surface area (Å²) >= 11 is 7.27. The predicted octanol–water partition coefficient (Wildman–Crippen LogP) is 1.55. The standard InChI is InChI=1S/C11H12ClN5OS/c1-19-11-15-5-8(12)9(17-11)10(18)14-3-2-7-4-13-6-16-7/h4-6H,2-3H2,1H3,(H,13,16)(H,14,18). The number of aromatic amines is 1. The number of amides is 1. The minimum absolute atomic E-state index is 0.200. The number of nitrogens with zero attached hydrogens (tertiary/aromatic N) is 3. The van der Waals surface area contributed by atoms with Gasteiger partial charge in [-0.3, -0.25) is 4.79 Å². The lowest BCUT2D eigenvalue weighted by Gasteiger charge is -2.06. The molecule has 2 N–H and O–H groups in total. The van der Waals surface area contributed by atoms with E-state index >= 15 is 0 Å². The van der Waals surface area contributed by atoms with Crippen LogP contribution in [0.3, 0.4) is 0 Å². The van der Waals surface area contributed by atoms with Gasteiger partial charge in [0.15, 0.2) is 10.9 Å². The second-order valence-electron chi connectivity index (χ2n) is 3.64. The quantitative estimate of drug-likeness (QED) is 0.646. The summed E-state index contributed by atoms with van der Waals surface area (Å²) in [5, 5.41) is 3.52. The molecule has 2 rings (SSSR count). The van der Waals surface area contributed by atoms with E-state index in [1.165, 1.54) is 18.0 Å². The van der Waals surface area contributed by atoms with Gasteiger partial charge in [0.25, 0.3) is 5.91 Å². The molecule has 8 heteroatoms. The number of aromatic nitrogens is 4. The fraction of sp³-hybridized carbons (Fsp3) is 0.273. The molecule has 0 fully saturated rings. The predicted molar refractivity (Wildman–Crippen MR) is 73.4 cm³/mol.